The molecule has 1 aromatic rings. The standard InChI is InChI=1S/C14H16F3N3O3/c1-9(13(21)18-8-14(15,16)17)19-5-4-10-2-3-12(20(22)23)6-11(10)7-19/h2-3,6,9H,4-5,7-8H2,1H3,(H,18,21). The van der Waals surface area contributed by atoms with Crippen LogP contribution < -0.4 is 5.32 Å². The van der Waals surface area contributed by atoms with Crippen molar-refractivity contribution in [1.82, 2.24) is 10.2 Å². The van der Waals surface area contributed by atoms with Crippen LogP contribution in [-0.4, -0.2) is 41.0 Å². The zero-order valence-electron chi connectivity index (χ0n) is 12.4. The first-order chi connectivity index (χ1) is 10.7. The summed E-state index contributed by atoms with van der Waals surface area (Å²) >= 11 is 0. The summed E-state index contributed by atoms with van der Waals surface area (Å²) < 4.78 is 36.4. The van der Waals surface area contributed by atoms with Crippen LogP contribution in [0.25, 0.3) is 0 Å². The highest BCUT2D eigenvalue weighted by atomic mass is 19.4. The minimum atomic E-state index is -4.45. The fourth-order valence-electron chi connectivity index (χ4n) is 2.51. The summed E-state index contributed by atoms with van der Waals surface area (Å²) in [6, 6.07) is 3.80. The third-order valence-corrected chi connectivity index (χ3v) is 3.83. The molecular weight excluding hydrogens is 315 g/mol. The molecule has 0 bridgehead atoms. The summed E-state index contributed by atoms with van der Waals surface area (Å²) in [6.07, 6.45) is -3.87. The highest BCUT2D eigenvalue weighted by Crippen LogP contribution is 2.25. The molecule has 6 nitrogen and oxygen atoms in total. The second-order valence-corrected chi connectivity index (χ2v) is 5.44. The van der Waals surface area contributed by atoms with Crippen molar-refractivity contribution < 1.29 is 22.9 Å². The van der Waals surface area contributed by atoms with Gasteiger partial charge in [0.1, 0.15) is 6.54 Å². The van der Waals surface area contributed by atoms with Gasteiger partial charge in [0.25, 0.3) is 5.69 Å². The molecule has 0 saturated heterocycles. The fourth-order valence-corrected chi connectivity index (χ4v) is 2.51. The number of hydrogen-bond donors (Lipinski definition) is 1. The number of benzene rings is 1. The van der Waals surface area contributed by atoms with Gasteiger partial charge in [0.15, 0.2) is 0 Å². The number of carbonyl (C=O) groups excluding carboxylic acids is 1. The van der Waals surface area contributed by atoms with Gasteiger partial charge < -0.3 is 5.32 Å². The Morgan fingerprint density at radius 2 is 2.13 bits per heavy atom. The van der Waals surface area contributed by atoms with Gasteiger partial charge in [-0.25, -0.2) is 0 Å². The topological polar surface area (TPSA) is 75.5 Å². The maximum Gasteiger partial charge on any atom is 0.405 e. The summed E-state index contributed by atoms with van der Waals surface area (Å²) in [4.78, 5) is 23.8. The summed E-state index contributed by atoms with van der Waals surface area (Å²) in [7, 11) is 0. The van der Waals surface area contributed by atoms with Crippen LogP contribution in [0.15, 0.2) is 18.2 Å². The van der Waals surface area contributed by atoms with Crippen LogP contribution in [0, 0.1) is 10.1 Å². The molecule has 1 aliphatic heterocycles. The number of amides is 1. The maximum absolute atomic E-state index is 12.1. The SMILES string of the molecule is CC(C(=O)NCC(F)(F)F)N1CCc2ccc([N+](=O)[O-])cc2C1. The Hall–Kier alpha value is -2.16. The number of nitrogens with zero attached hydrogens (tertiary/aromatic N) is 2. The Morgan fingerprint density at radius 1 is 1.43 bits per heavy atom. The van der Waals surface area contributed by atoms with Gasteiger partial charge in [-0.3, -0.25) is 19.8 Å². The highest BCUT2D eigenvalue weighted by Gasteiger charge is 2.31. The van der Waals surface area contributed by atoms with Gasteiger partial charge >= 0.3 is 6.18 Å². The average Bonchev–Trinajstić information content (AvgIpc) is 2.49. The highest BCUT2D eigenvalue weighted by molar-refractivity contribution is 5.81. The van der Waals surface area contributed by atoms with Crippen molar-refractivity contribution in [2.75, 3.05) is 13.1 Å². The van der Waals surface area contributed by atoms with Crippen LogP contribution in [0.1, 0.15) is 18.1 Å². The van der Waals surface area contributed by atoms with E-state index >= 15 is 0 Å². The zero-order chi connectivity index (χ0) is 17.2. The Balaban J connectivity index is 2.04. The van der Waals surface area contributed by atoms with Crippen LogP contribution in [0.3, 0.4) is 0 Å². The normalized spacial score (nSPS) is 16.5. The number of rotatable bonds is 4. The second kappa shape index (κ2) is 6.53. The molecule has 0 saturated carbocycles. The summed E-state index contributed by atoms with van der Waals surface area (Å²) in [5.74, 6) is -0.712. The molecule has 0 aliphatic carbocycles. The van der Waals surface area contributed by atoms with E-state index in [4.69, 9.17) is 0 Å². The lowest BCUT2D eigenvalue weighted by Gasteiger charge is -2.32. The molecule has 9 heteroatoms. The number of fused-ring (bicyclic) bond motifs is 1. The molecule has 23 heavy (non-hydrogen) atoms. The Kier molecular flexibility index (Phi) is 4.88. The maximum atomic E-state index is 12.1. The van der Waals surface area contributed by atoms with Crippen molar-refractivity contribution in [1.29, 1.82) is 0 Å². The Bertz CT molecular complexity index is 619. The summed E-state index contributed by atoms with van der Waals surface area (Å²) in [6.45, 7) is 0.948. The van der Waals surface area contributed by atoms with Crippen molar-refractivity contribution >= 4 is 11.6 Å². The van der Waals surface area contributed by atoms with Crippen LogP contribution in [0.4, 0.5) is 18.9 Å². The van der Waals surface area contributed by atoms with Crippen molar-refractivity contribution in [2.24, 2.45) is 0 Å². The third kappa shape index (κ3) is 4.41. The van der Waals surface area contributed by atoms with E-state index < -0.39 is 29.6 Å². The van der Waals surface area contributed by atoms with E-state index in [1.54, 1.807) is 11.0 Å². The second-order valence-electron chi connectivity index (χ2n) is 5.44. The molecule has 2 rings (SSSR count). The van der Waals surface area contributed by atoms with Crippen molar-refractivity contribution in [3.05, 3.63) is 39.4 Å². The van der Waals surface area contributed by atoms with E-state index in [0.717, 1.165) is 11.1 Å². The van der Waals surface area contributed by atoms with E-state index in [1.165, 1.54) is 19.1 Å². The van der Waals surface area contributed by atoms with Gasteiger partial charge in [0.2, 0.25) is 5.91 Å². The molecule has 1 atom stereocenters. The number of nitro benzene ring substituents is 1. The largest absolute Gasteiger partial charge is 0.405 e. The van der Waals surface area contributed by atoms with Gasteiger partial charge in [0.05, 0.1) is 11.0 Å². The average molecular weight is 331 g/mol. The number of nitro groups is 1. The molecular formula is C14H16F3N3O3. The number of nitrogens with one attached hydrogen (secondary N) is 1. The molecule has 1 heterocycles. The zero-order valence-corrected chi connectivity index (χ0v) is 12.4. The lowest BCUT2D eigenvalue weighted by atomic mass is 9.98. The monoisotopic (exact) mass is 331 g/mol. The van der Waals surface area contributed by atoms with E-state index in [-0.39, 0.29) is 12.2 Å². The van der Waals surface area contributed by atoms with Crippen LogP contribution in [-0.2, 0) is 17.8 Å². The molecule has 1 amide bonds. The number of halogens is 3. The van der Waals surface area contributed by atoms with Gasteiger partial charge in [-0.05, 0) is 24.5 Å². The molecule has 0 spiro atoms. The Labute approximate surface area is 130 Å². The molecule has 0 radical (unpaired) electrons. The minimum Gasteiger partial charge on any atom is -0.346 e. The fraction of sp³-hybridized carbons (Fsp3) is 0.500. The molecule has 0 aromatic heterocycles. The first kappa shape index (κ1) is 17.2. The predicted molar refractivity (Wildman–Crippen MR) is 75.7 cm³/mol. The number of hydrogen-bond acceptors (Lipinski definition) is 4. The van der Waals surface area contributed by atoms with E-state index in [2.05, 4.69) is 0 Å². The van der Waals surface area contributed by atoms with Crippen LogP contribution in [0.5, 0.6) is 0 Å². The van der Waals surface area contributed by atoms with Gasteiger partial charge in [0, 0.05) is 25.2 Å². The lowest BCUT2D eigenvalue weighted by Crippen LogP contribution is -2.48. The first-order valence-corrected chi connectivity index (χ1v) is 7.02. The molecule has 0 fully saturated rings. The van der Waals surface area contributed by atoms with Gasteiger partial charge in [-0.2, -0.15) is 13.2 Å². The first-order valence-electron chi connectivity index (χ1n) is 7.02. The Morgan fingerprint density at radius 3 is 2.74 bits per heavy atom. The smallest absolute Gasteiger partial charge is 0.346 e. The van der Waals surface area contributed by atoms with Gasteiger partial charge in [-0.15, -0.1) is 0 Å². The van der Waals surface area contributed by atoms with Crippen molar-refractivity contribution in [3.8, 4) is 0 Å². The van der Waals surface area contributed by atoms with Crippen LogP contribution in [0.2, 0.25) is 0 Å². The molecule has 126 valence electrons. The quantitative estimate of drug-likeness (QED) is 0.676. The lowest BCUT2D eigenvalue weighted by molar-refractivity contribution is -0.385. The van der Waals surface area contributed by atoms with Crippen molar-refractivity contribution in [2.45, 2.75) is 32.1 Å². The van der Waals surface area contributed by atoms with E-state index in [9.17, 15) is 28.1 Å². The molecule has 1 aliphatic rings. The summed E-state index contributed by atoms with van der Waals surface area (Å²) in [5, 5.41) is 12.7. The molecule has 1 aromatic carbocycles. The van der Waals surface area contributed by atoms with E-state index in [0.29, 0.717) is 13.0 Å². The van der Waals surface area contributed by atoms with Crippen molar-refractivity contribution in [3.63, 3.8) is 0 Å². The number of non-ortho nitro benzene ring substituents is 1. The summed E-state index contributed by atoms with van der Waals surface area (Å²) in [5.41, 5.74) is 1.63. The van der Waals surface area contributed by atoms with E-state index in [1.807, 2.05) is 5.32 Å². The van der Waals surface area contributed by atoms with Gasteiger partial charge in [-0.1, -0.05) is 6.07 Å². The minimum absolute atomic E-state index is 0.0419. The molecule has 1 N–H and O–H groups in total. The number of alkyl halides is 3. The molecule has 1 unspecified atom stereocenters. The van der Waals surface area contributed by atoms with Crippen LogP contribution >= 0.6 is 0 Å². The number of carbonyl (C=O) groups is 1. The third-order valence-electron chi connectivity index (χ3n) is 3.83. The predicted octanol–water partition coefficient (Wildman–Crippen LogP) is 2.02.